The fourth-order valence-corrected chi connectivity index (χ4v) is 3.33. The van der Waals surface area contributed by atoms with Gasteiger partial charge in [0.1, 0.15) is 5.54 Å². The maximum absolute atomic E-state index is 12.7. The molecule has 1 amide bonds. The first-order chi connectivity index (χ1) is 12.9. The molecular formula is C16H27NO10W. The number of amides is 1. The molecule has 5 atom stereocenters. The summed E-state index contributed by atoms with van der Waals surface area (Å²) in [6.07, 6.45) is -1.29. The first-order valence-corrected chi connectivity index (χ1v) is 9.03. The van der Waals surface area contributed by atoms with Gasteiger partial charge in [-0.1, -0.05) is 32.7 Å². The van der Waals surface area contributed by atoms with Gasteiger partial charge in [0.25, 0.3) is 0 Å². The quantitative estimate of drug-likeness (QED) is 0.127. The van der Waals surface area contributed by atoms with E-state index in [0.717, 1.165) is 0 Å². The zero-order valence-corrected chi connectivity index (χ0v) is 19.3. The number of rotatable bonds is 11. The molecule has 2 aliphatic rings. The van der Waals surface area contributed by atoms with E-state index in [4.69, 9.17) is 19.6 Å². The number of carbonyl (C=O) groups is 2. The van der Waals surface area contributed by atoms with Gasteiger partial charge in [0.15, 0.2) is 18.0 Å². The van der Waals surface area contributed by atoms with E-state index >= 15 is 0 Å². The van der Waals surface area contributed by atoms with E-state index in [9.17, 15) is 14.8 Å². The van der Waals surface area contributed by atoms with Crippen LogP contribution in [0.25, 0.3) is 0 Å². The van der Waals surface area contributed by atoms with Crippen LogP contribution in [0.3, 0.4) is 0 Å². The number of Topliss-reactive ketones (excluding diaryl/α,β-unsaturated/α-hetero) is 1. The molecule has 162 valence electrons. The molecule has 1 heterocycles. The summed E-state index contributed by atoms with van der Waals surface area (Å²) in [5.41, 5.74) is -1.25. The van der Waals surface area contributed by atoms with Crippen LogP contribution in [0.4, 0.5) is 0 Å². The van der Waals surface area contributed by atoms with Crippen molar-refractivity contribution in [1.82, 2.24) is 5.06 Å². The third-order valence-corrected chi connectivity index (χ3v) is 5.09. The molecule has 0 radical (unpaired) electrons. The van der Waals surface area contributed by atoms with Crippen molar-refractivity contribution in [1.29, 1.82) is 0 Å². The largest absolute Gasteiger partial charge is 0.296 e. The Labute approximate surface area is 177 Å². The number of hydroxylamine groups is 2. The number of carbonyl (C=O) groups excluding carboxylic acids is 2. The molecule has 1 aliphatic carbocycles. The molecule has 2 fully saturated rings. The van der Waals surface area contributed by atoms with Crippen molar-refractivity contribution in [2.45, 2.75) is 64.7 Å². The summed E-state index contributed by atoms with van der Waals surface area (Å²) in [4.78, 5) is 44.2. The van der Waals surface area contributed by atoms with Crippen molar-refractivity contribution in [3.05, 3.63) is 0 Å². The van der Waals surface area contributed by atoms with Crippen molar-refractivity contribution < 1.29 is 70.5 Å². The molecule has 28 heavy (non-hydrogen) atoms. The molecule has 2 rings (SSSR count). The summed E-state index contributed by atoms with van der Waals surface area (Å²) in [7, 11) is 0. The molecule has 0 aromatic carbocycles. The van der Waals surface area contributed by atoms with Gasteiger partial charge in [-0.15, -0.1) is 0 Å². The Hall–Kier alpha value is -0.492. The van der Waals surface area contributed by atoms with Crippen LogP contribution in [-0.2, 0) is 65.3 Å². The van der Waals surface area contributed by atoms with Gasteiger partial charge in [-0.05, 0) is 28.8 Å². The van der Waals surface area contributed by atoms with Crippen LogP contribution >= 0.6 is 0 Å². The van der Waals surface area contributed by atoms with Gasteiger partial charge in [-0.2, -0.15) is 9.78 Å². The first-order valence-electron chi connectivity index (χ1n) is 9.03. The maximum atomic E-state index is 12.7. The van der Waals surface area contributed by atoms with Crippen LogP contribution in [0.1, 0.15) is 47.0 Å². The molecule has 1 aliphatic heterocycles. The Balaban J connectivity index is 0.00000392. The van der Waals surface area contributed by atoms with E-state index in [1.807, 2.05) is 13.8 Å². The maximum Gasteiger partial charge on any atom is 0.249 e. The second-order valence-electron chi connectivity index (χ2n) is 6.73. The standard InChI is InChI=1S/C16H27NO10.W/c1-5-7-21-25-23-14-13(19)10(3)11(4)16(9-12(18)17(16)20)15(14)24-27-26-22-8-6-2;/h10-11,14-15,20H,5-9H2,1-4H3;/t10-,11+,14+,15+,16?;/m0./s1. The molecule has 12 heteroatoms. The third-order valence-electron chi connectivity index (χ3n) is 5.09. The smallest absolute Gasteiger partial charge is 0.249 e. The Morgan fingerprint density at radius 1 is 1.04 bits per heavy atom. The van der Waals surface area contributed by atoms with Crippen LogP contribution in [0.5, 0.6) is 0 Å². The second-order valence-corrected chi connectivity index (χ2v) is 6.73. The van der Waals surface area contributed by atoms with Gasteiger partial charge < -0.3 is 0 Å². The Morgan fingerprint density at radius 3 is 2.18 bits per heavy atom. The monoisotopic (exact) mass is 577 g/mol. The van der Waals surface area contributed by atoms with Crippen LogP contribution in [0.15, 0.2) is 0 Å². The summed E-state index contributed by atoms with van der Waals surface area (Å²) in [6, 6.07) is 0. The predicted octanol–water partition coefficient (Wildman–Crippen LogP) is 1.45. The summed E-state index contributed by atoms with van der Waals surface area (Å²) in [5.74, 6) is -1.87. The summed E-state index contributed by atoms with van der Waals surface area (Å²) in [6.45, 7) is 7.64. The molecule has 0 aromatic heterocycles. The number of hydrogen-bond acceptors (Lipinski definition) is 10. The van der Waals surface area contributed by atoms with Crippen molar-refractivity contribution in [2.75, 3.05) is 13.2 Å². The van der Waals surface area contributed by atoms with Crippen molar-refractivity contribution >= 4 is 11.7 Å². The Morgan fingerprint density at radius 2 is 1.64 bits per heavy atom. The SMILES string of the molecule is CCCOOOO[C@@H]1[C@H](OOOCCC)C(=O)[C@@H](C)[C@@H](C)C12CC(=O)N2O.[W]. The topological polar surface area (TPSA) is 122 Å². The van der Waals surface area contributed by atoms with E-state index in [0.29, 0.717) is 17.9 Å². The molecule has 1 unspecified atom stereocenters. The van der Waals surface area contributed by atoms with Gasteiger partial charge in [0.05, 0.1) is 19.6 Å². The number of nitrogens with zero attached hydrogens (tertiary/aromatic N) is 1. The minimum Gasteiger partial charge on any atom is -0.296 e. The van der Waals surface area contributed by atoms with E-state index in [2.05, 4.69) is 15.1 Å². The molecule has 1 saturated carbocycles. The van der Waals surface area contributed by atoms with Crippen LogP contribution in [0.2, 0.25) is 0 Å². The Bertz CT molecular complexity index is 524. The fourth-order valence-electron chi connectivity index (χ4n) is 3.33. The second kappa shape index (κ2) is 11.6. The minimum atomic E-state index is -1.33. The summed E-state index contributed by atoms with van der Waals surface area (Å²) >= 11 is 0. The number of hydrogen-bond donors (Lipinski definition) is 1. The average Bonchev–Trinajstić information content (AvgIpc) is 2.67. The summed E-state index contributed by atoms with van der Waals surface area (Å²) < 4.78 is 0. The molecule has 11 nitrogen and oxygen atoms in total. The van der Waals surface area contributed by atoms with E-state index in [-0.39, 0.29) is 46.5 Å². The van der Waals surface area contributed by atoms with Gasteiger partial charge in [-0.3, -0.25) is 14.8 Å². The van der Waals surface area contributed by atoms with Gasteiger partial charge in [0, 0.05) is 27.0 Å². The van der Waals surface area contributed by atoms with Gasteiger partial charge >= 0.3 is 0 Å². The van der Waals surface area contributed by atoms with Gasteiger partial charge in [-0.25, -0.2) is 14.8 Å². The number of ketones is 1. The van der Waals surface area contributed by atoms with Crippen LogP contribution < -0.4 is 0 Å². The number of β-lactam (4-membered cyclic amide) rings is 1. The van der Waals surface area contributed by atoms with Crippen LogP contribution in [0, 0.1) is 11.8 Å². The van der Waals surface area contributed by atoms with Gasteiger partial charge in [0.2, 0.25) is 5.91 Å². The third kappa shape index (κ3) is 4.97. The summed E-state index contributed by atoms with van der Waals surface area (Å²) in [5, 5.41) is 24.5. The van der Waals surface area contributed by atoms with E-state index in [1.54, 1.807) is 13.8 Å². The predicted molar refractivity (Wildman–Crippen MR) is 84.8 cm³/mol. The molecule has 0 bridgehead atoms. The van der Waals surface area contributed by atoms with Crippen molar-refractivity contribution in [2.24, 2.45) is 11.8 Å². The first kappa shape index (κ1) is 25.5. The van der Waals surface area contributed by atoms with Crippen molar-refractivity contribution in [3.8, 4) is 0 Å². The zero-order chi connectivity index (χ0) is 20.0. The van der Waals surface area contributed by atoms with Crippen LogP contribution in [-0.4, -0.2) is 52.9 Å². The molecular weight excluding hydrogens is 550 g/mol. The van der Waals surface area contributed by atoms with E-state index in [1.165, 1.54) is 0 Å². The average molecular weight is 577 g/mol. The molecule has 0 aromatic rings. The molecule has 1 spiro atoms. The molecule has 1 saturated heterocycles. The molecule has 1 N–H and O–H groups in total. The normalized spacial score (nSPS) is 32.4. The van der Waals surface area contributed by atoms with Crippen molar-refractivity contribution in [3.63, 3.8) is 0 Å². The zero-order valence-electron chi connectivity index (χ0n) is 16.3. The Kier molecular flexibility index (Phi) is 10.6. The fraction of sp³-hybridized carbons (Fsp3) is 0.875. The minimum absolute atomic E-state index is 0. The van der Waals surface area contributed by atoms with E-state index < -0.39 is 35.5 Å².